The third kappa shape index (κ3) is 4.70. The second-order valence-corrected chi connectivity index (χ2v) is 6.44. The second-order valence-electron chi connectivity index (χ2n) is 5.35. The largest absolute Gasteiger partial charge is 0.313 e. The Kier molecular flexibility index (Phi) is 5.99. The summed E-state index contributed by atoms with van der Waals surface area (Å²) in [5.74, 6) is 1.13. The molecule has 19 heavy (non-hydrogen) atoms. The predicted octanol–water partition coefficient (Wildman–Crippen LogP) is 4.57. The van der Waals surface area contributed by atoms with Gasteiger partial charge < -0.3 is 5.32 Å². The number of aryl methyl sites for hydroxylation is 1. The molecular weight excluding hydrogens is 250 g/mol. The maximum absolute atomic E-state index is 3.50. The van der Waals surface area contributed by atoms with Crippen LogP contribution in [0.2, 0.25) is 0 Å². The van der Waals surface area contributed by atoms with Gasteiger partial charge in [0, 0.05) is 16.7 Å². The standard InChI is InChI=1S/C17H25NS/c1-14-8-7-11-16(12-14)19-13-17(18-2)15-9-5-3-4-6-10-15/h7-9,11-12,17-18H,3-6,10,13H2,1-2H3. The van der Waals surface area contributed by atoms with Gasteiger partial charge in [0.05, 0.1) is 0 Å². The van der Waals surface area contributed by atoms with E-state index in [1.54, 1.807) is 5.57 Å². The molecule has 0 aliphatic heterocycles. The smallest absolute Gasteiger partial charge is 0.0371 e. The lowest BCUT2D eigenvalue weighted by molar-refractivity contribution is 0.645. The lowest BCUT2D eigenvalue weighted by Gasteiger charge is -2.19. The van der Waals surface area contributed by atoms with Crippen molar-refractivity contribution >= 4 is 11.8 Å². The number of benzene rings is 1. The molecule has 1 aromatic rings. The highest BCUT2D eigenvalue weighted by Crippen LogP contribution is 2.25. The van der Waals surface area contributed by atoms with Crippen LogP contribution in [0.25, 0.3) is 0 Å². The summed E-state index contributed by atoms with van der Waals surface area (Å²) in [7, 11) is 2.09. The number of thioether (sulfide) groups is 1. The van der Waals surface area contributed by atoms with E-state index in [1.807, 2.05) is 11.8 Å². The highest BCUT2D eigenvalue weighted by molar-refractivity contribution is 7.99. The van der Waals surface area contributed by atoms with Crippen molar-refractivity contribution in [1.29, 1.82) is 0 Å². The molecule has 2 rings (SSSR count). The van der Waals surface area contributed by atoms with Gasteiger partial charge in [-0.2, -0.15) is 0 Å². The first-order valence-corrected chi connectivity index (χ1v) is 8.34. The van der Waals surface area contributed by atoms with Gasteiger partial charge in [0.2, 0.25) is 0 Å². The van der Waals surface area contributed by atoms with Crippen molar-refractivity contribution in [2.45, 2.75) is 50.0 Å². The van der Waals surface area contributed by atoms with Crippen LogP contribution in [0, 0.1) is 6.92 Å². The van der Waals surface area contributed by atoms with Crippen molar-refractivity contribution in [3.8, 4) is 0 Å². The minimum atomic E-state index is 0.531. The Hall–Kier alpha value is -0.730. The van der Waals surface area contributed by atoms with Crippen LogP contribution >= 0.6 is 11.8 Å². The molecule has 0 heterocycles. The Bertz CT molecular complexity index is 425. The monoisotopic (exact) mass is 275 g/mol. The van der Waals surface area contributed by atoms with Gasteiger partial charge in [0.25, 0.3) is 0 Å². The Morgan fingerprint density at radius 2 is 2.16 bits per heavy atom. The number of rotatable bonds is 5. The van der Waals surface area contributed by atoms with E-state index in [0.717, 1.165) is 5.75 Å². The summed E-state index contributed by atoms with van der Waals surface area (Å²) in [6, 6.07) is 9.33. The average Bonchev–Trinajstić information content (AvgIpc) is 2.69. The highest BCUT2D eigenvalue weighted by atomic mass is 32.2. The topological polar surface area (TPSA) is 12.0 Å². The number of nitrogens with one attached hydrogen (secondary N) is 1. The van der Waals surface area contributed by atoms with Crippen LogP contribution in [-0.4, -0.2) is 18.8 Å². The molecule has 1 nitrogen and oxygen atoms in total. The normalized spacial score (nSPS) is 17.7. The van der Waals surface area contributed by atoms with E-state index in [-0.39, 0.29) is 0 Å². The molecule has 0 amide bonds. The summed E-state index contributed by atoms with van der Waals surface area (Å²) in [6.07, 6.45) is 9.14. The Morgan fingerprint density at radius 1 is 1.26 bits per heavy atom. The SMILES string of the molecule is CNC(CSc1cccc(C)c1)C1=CCCCCC1. The fourth-order valence-electron chi connectivity index (χ4n) is 2.62. The van der Waals surface area contributed by atoms with Crippen molar-refractivity contribution in [3.63, 3.8) is 0 Å². The molecule has 0 spiro atoms. The van der Waals surface area contributed by atoms with E-state index in [0.29, 0.717) is 6.04 Å². The Morgan fingerprint density at radius 3 is 2.95 bits per heavy atom. The van der Waals surface area contributed by atoms with E-state index >= 15 is 0 Å². The van der Waals surface area contributed by atoms with Crippen LogP contribution in [0.4, 0.5) is 0 Å². The van der Waals surface area contributed by atoms with E-state index in [1.165, 1.54) is 42.6 Å². The van der Waals surface area contributed by atoms with Crippen molar-refractivity contribution < 1.29 is 0 Å². The van der Waals surface area contributed by atoms with E-state index in [4.69, 9.17) is 0 Å². The van der Waals surface area contributed by atoms with Gasteiger partial charge >= 0.3 is 0 Å². The maximum Gasteiger partial charge on any atom is 0.0371 e. The molecule has 104 valence electrons. The molecular formula is C17H25NS. The van der Waals surface area contributed by atoms with Crippen LogP contribution in [-0.2, 0) is 0 Å². The summed E-state index contributed by atoms with van der Waals surface area (Å²) >= 11 is 1.96. The van der Waals surface area contributed by atoms with Crippen LogP contribution in [0.1, 0.15) is 37.7 Å². The van der Waals surface area contributed by atoms with Crippen LogP contribution in [0.5, 0.6) is 0 Å². The fraction of sp³-hybridized carbons (Fsp3) is 0.529. The average molecular weight is 275 g/mol. The van der Waals surface area contributed by atoms with Crippen LogP contribution in [0.3, 0.4) is 0 Å². The molecule has 0 radical (unpaired) electrons. The van der Waals surface area contributed by atoms with Crippen molar-refractivity contribution in [3.05, 3.63) is 41.5 Å². The predicted molar refractivity (Wildman–Crippen MR) is 85.9 cm³/mol. The molecule has 0 saturated carbocycles. The minimum Gasteiger partial charge on any atom is -0.313 e. The molecule has 1 unspecified atom stereocenters. The maximum atomic E-state index is 3.50. The van der Waals surface area contributed by atoms with Crippen LogP contribution < -0.4 is 5.32 Å². The molecule has 0 bridgehead atoms. The minimum absolute atomic E-state index is 0.531. The molecule has 1 aliphatic rings. The first-order chi connectivity index (χ1) is 9.29. The molecule has 1 N–H and O–H groups in total. The lowest BCUT2D eigenvalue weighted by atomic mass is 10.0. The van der Waals surface area contributed by atoms with Gasteiger partial charge in [-0.1, -0.05) is 35.8 Å². The van der Waals surface area contributed by atoms with Gasteiger partial charge in [-0.25, -0.2) is 0 Å². The molecule has 0 aromatic heterocycles. The lowest BCUT2D eigenvalue weighted by Crippen LogP contribution is -2.29. The first kappa shape index (κ1) is 14.7. The molecule has 2 heteroatoms. The van der Waals surface area contributed by atoms with E-state index < -0.39 is 0 Å². The van der Waals surface area contributed by atoms with E-state index in [9.17, 15) is 0 Å². The highest BCUT2D eigenvalue weighted by Gasteiger charge is 2.14. The number of hydrogen-bond acceptors (Lipinski definition) is 2. The van der Waals surface area contributed by atoms with Gasteiger partial charge in [0.15, 0.2) is 0 Å². The Balaban J connectivity index is 1.93. The third-order valence-electron chi connectivity index (χ3n) is 3.78. The Labute approximate surface area is 121 Å². The van der Waals surface area contributed by atoms with Gasteiger partial charge in [-0.3, -0.25) is 0 Å². The molecule has 1 aliphatic carbocycles. The van der Waals surface area contributed by atoms with Gasteiger partial charge in [-0.05, 0) is 51.8 Å². The zero-order valence-corrected chi connectivity index (χ0v) is 12.9. The summed E-state index contributed by atoms with van der Waals surface area (Å²) in [5, 5.41) is 3.50. The second kappa shape index (κ2) is 7.76. The summed E-state index contributed by atoms with van der Waals surface area (Å²) < 4.78 is 0. The van der Waals surface area contributed by atoms with Crippen molar-refractivity contribution in [2.24, 2.45) is 0 Å². The van der Waals surface area contributed by atoms with E-state index in [2.05, 4.69) is 49.6 Å². The molecule has 0 saturated heterocycles. The third-order valence-corrected chi connectivity index (χ3v) is 4.87. The zero-order valence-electron chi connectivity index (χ0n) is 12.1. The van der Waals surface area contributed by atoms with Crippen molar-refractivity contribution in [1.82, 2.24) is 5.32 Å². The quantitative estimate of drug-likeness (QED) is 0.624. The summed E-state index contributed by atoms with van der Waals surface area (Å²) in [6.45, 7) is 2.16. The van der Waals surface area contributed by atoms with Gasteiger partial charge in [-0.15, -0.1) is 11.8 Å². The summed E-state index contributed by atoms with van der Waals surface area (Å²) in [4.78, 5) is 1.38. The fourth-order valence-corrected chi connectivity index (χ4v) is 3.80. The van der Waals surface area contributed by atoms with Gasteiger partial charge in [0.1, 0.15) is 0 Å². The number of hydrogen-bond donors (Lipinski definition) is 1. The number of likely N-dealkylation sites (N-methyl/N-ethyl adjacent to an activating group) is 1. The number of allylic oxidation sites excluding steroid dienone is 1. The molecule has 0 fully saturated rings. The molecule has 1 atom stereocenters. The zero-order chi connectivity index (χ0) is 13.5. The summed E-state index contributed by atoms with van der Waals surface area (Å²) in [5.41, 5.74) is 2.97. The molecule has 1 aromatic carbocycles. The first-order valence-electron chi connectivity index (χ1n) is 7.35. The van der Waals surface area contributed by atoms with Crippen LogP contribution in [0.15, 0.2) is 40.8 Å². The van der Waals surface area contributed by atoms with Crippen molar-refractivity contribution in [2.75, 3.05) is 12.8 Å².